The summed E-state index contributed by atoms with van der Waals surface area (Å²) in [6, 6.07) is 6.10. The quantitative estimate of drug-likeness (QED) is 0.539. The third-order valence-electron chi connectivity index (χ3n) is 3.10. The topological polar surface area (TPSA) is 59.6 Å². The second kappa shape index (κ2) is 7.19. The zero-order valence-corrected chi connectivity index (χ0v) is 14.8. The number of nitrogens with zero attached hydrogens (tertiary/aromatic N) is 2. The van der Waals surface area contributed by atoms with Crippen molar-refractivity contribution >= 4 is 57.8 Å². The molecule has 25 heavy (non-hydrogen) atoms. The van der Waals surface area contributed by atoms with Crippen molar-refractivity contribution in [2.75, 3.05) is 5.32 Å². The molecule has 0 aliphatic rings. The Hall–Kier alpha value is -1.83. The fourth-order valence-corrected chi connectivity index (χ4v) is 2.93. The molecule has 0 aliphatic carbocycles. The number of alkyl halides is 3. The molecule has 0 radical (unpaired) electrons. The van der Waals surface area contributed by atoms with E-state index in [0.717, 1.165) is 18.2 Å². The Balaban J connectivity index is 2.59. The molecule has 0 saturated carbocycles. The van der Waals surface area contributed by atoms with E-state index in [2.05, 4.69) is 5.32 Å². The number of nitriles is 2. The Bertz CT molecular complexity index is 943. The predicted octanol–water partition coefficient (Wildman–Crippen LogP) is 6.81. The lowest BCUT2D eigenvalue weighted by Crippen LogP contribution is -2.05. The van der Waals surface area contributed by atoms with Gasteiger partial charge in [-0.25, -0.2) is 0 Å². The van der Waals surface area contributed by atoms with Crippen LogP contribution in [-0.4, -0.2) is 0 Å². The first kappa shape index (κ1) is 19.5. The van der Waals surface area contributed by atoms with E-state index in [0.29, 0.717) is 0 Å². The Morgan fingerprint density at radius 1 is 0.880 bits per heavy atom. The number of rotatable bonds is 2. The maximum atomic E-state index is 12.7. The van der Waals surface area contributed by atoms with Gasteiger partial charge in [-0.3, -0.25) is 0 Å². The lowest BCUT2D eigenvalue weighted by molar-refractivity contribution is -0.137. The number of halogens is 7. The van der Waals surface area contributed by atoms with Crippen LogP contribution in [0.4, 0.5) is 24.5 Å². The van der Waals surface area contributed by atoms with Gasteiger partial charge in [-0.2, -0.15) is 23.7 Å². The first-order valence-corrected chi connectivity index (χ1v) is 7.77. The molecule has 0 saturated heterocycles. The van der Waals surface area contributed by atoms with Crippen LogP contribution < -0.4 is 5.32 Å². The van der Waals surface area contributed by atoms with Crippen LogP contribution in [0.15, 0.2) is 18.2 Å². The van der Waals surface area contributed by atoms with E-state index in [9.17, 15) is 18.4 Å². The summed E-state index contributed by atoms with van der Waals surface area (Å²) in [4.78, 5) is 0. The van der Waals surface area contributed by atoms with Gasteiger partial charge < -0.3 is 5.32 Å². The van der Waals surface area contributed by atoms with Crippen LogP contribution in [0.25, 0.3) is 0 Å². The minimum Gasteiger partial charge on any atom is -0.352 e. The number of hydrogen-bond acceptors (Lipinski definition) is 3. The van der Waals surface area contributed by atoms with Crippen molar-refractivity contribution in [1.29, 1.82) is 10.5 Å². The largest absolute Gasteiger partial charge is 0.416 e. The summed E-state index contributed by atoms with van der Waals surface area (Å²) in [7, 11) is 0. The summed E-state index contributed by atoms with van der Waals surface area (Å²) in [6.07, 6.45) is -4.56. The predicted molar refractivity (Wildman–Crippen MR) is 90.6 cm³/mol. The highest BCUT2D eigenvalue weighted by atomic mass is 35.5. The monoisotopic (exact) mass is 423 g/mol. The van der Waals surface area contributed by atoms with Crippen LogP contribution in [0.2, 0.25) is 20.1 Å². The normalized spacial score (nSPS) is 10.9. The van der Waals surface area contributed by atoms with Gasteiger partial charge in [0.15, 0.2) is 0 Å². The van der Waals surface area contributed by atoms with Gasteiger partial charge >= 0.3 is 6.18 Å². The standard InChI is InChI=1S/C15H4Cl4F3N3/c16-9-3-6(15(20,21)22)1-2-10(9)25-14-8(5-24)11(17)7(4-23)12(18)13(14)19/h1-3,25H. The van der Waals surface area contributed by atoms with E-state index >= 15 is 0 Å². The number of nitrogens with one attached hydrogen (secondary N) is 1. The molecule has 0 atom stereocenters. The average Bonchev–Trinajstić information content (AvgIpc) is 2.54. The first-order valence-electron chi connectivity index (χ1n) is 6.26. The van der Waals surface area contributed by atoms with Crippen LogP contribution in [-0.2, 0) is 6.18 Å². The maximum absolute atomic E-state index is 12.7. The van der Waals surface area contributed by atoms with Crippen molar-refractivity contribution in [2.45, 2.75) is 6.18 Å². The van der Waals surface area contributed by atoms with Crippen molar-refractivity contribution in [2.24, 2.45) is 0 Å². The highest BCUT2D eigenvalue weighted by Crippen LogP contribution is 2.43. The summed E-state index contributed by atoms with van der Waals surface area (Å²) in [6.45, 7) is 0. The van der Waals surface area contributed by atoms with Gasteiger partial charge in [-0.1, -0.05) is 46.4 Å². The summed E-state index contributed by atoms with van der Waals surface area (Å²) >= 11 is 23.9. The first-order chi connectivity index (χ1) is 11.6. The molecule has 0 aromatic heterocycles. The van der Waals surface area contributed by atoms with E-state index < -0.39 is 11.7 Å². The van der Waals surface area contributed by atoms with E-state index in [4.69, 9.17) is 51.7 Å². The Kier molecular flexibility index (Phi) is 5.61. The van der Waals surface area contributed by atoms with Gasteiger partial charge in [0.2, 0.25) is 0 Å². The number of benzene rings is 2. The zero-order chi connectivity index (χ0) is 18.9. The van der Waals surface area contributed by atoms with Gasteiger partial charge in [-0.05, 0) is 18.2 Å². The summed E-state index contributed by atoms with van der Waals surface area (Å²) in [5, 5.41) is 20.1. The second-order valence-electron chi connectivity index (χ2n) is 4.61. The third-order valence-corrected chi connectivity index (χ3v) is 4.64. The van der Waals surface area contributed by atoms with Gasteiger partial charge in [0.05, 0.1) is 48.2 Å². The van der Waals surface area contributed by atoms with Gasteiger partial charge in [0, 0.05) is 0 Å². The maximum Gasteiger partial charge on any atom is 0.416 e. The molecule has 2 rings (SSSR count). The van der Waals surface area contributed by atoms with E-state index in [1.807, 2.05) is 0 Å². The fourth-order valence-electron chi connectivity index (χ4n) is 1.91. The molecule has 128 valence electrons. The van der Waals surface area contributed by atoms with Gasteiger partial charge in [0.1, 0.15) is 12.1 Å². The second-order valence-corrected chi connectivity index (χ2v) is 6.15. The zero-order valence-electron chi connectivity index (χ0n) is 11.8. The molecule has 0 spiro atoms. The smallest absolute Gasteiger partial charge is 0.352 e. The SMILES string of the molecule is N#Cc1c(Cl)c(Cl)c(Nc2ccc(C(F)(F)F)cc2Cl)c(C#N)c1Cl. The van der Waals surface area contributed by atoms with Crippen LogP contribution in [0, 0.1) is 22.7 Å². The molecule has 2 aromatic carbocycles. The van der Waals surface area contributed by atoms with Crippen molar-refractivity contribution in [3.8, 4) is 12.1 Å². The van der Waals surface area contributed by atoms with Crippen LogP contribution in [0.1, 0.15) is 16.7 Å². The summed E-state index contributed by atoms with van der Waals surface area (Å²) < 4.78 is 38.1. The van der Waals surface area contributed by atoms with Crippen LogP contribution in [0.5, 0.6) is 0 Å². The number of hydrogen-bond donors (Lipinski definition) is 1. The summed E-state index contributed by atoms with van der Waals surface area (Å²) in [5.74, 6) is 0. The molecule has 1 N–H and O–H groups in total. The molecule has 3 nitrogen and oxygen atoms in total. The number of anilines is 2. The van der Waals surface area contributed by atoms with E-state index in [1.54, 1.807) is 12.1 Å². The minimum absolute atomic E-state index is 0.0462. The molecule has 0 bridgehead atoms. The van der Waals surface area contributed by atoms with Crippen LogP contribution >= 0.6 is 46.4 Å². The highest BCUT2D eigenvalue weighted by Gasteiger charge is 2.31. The molecule has 0 unspecified atom stereocenters. The van der Waals surface area contributed by atoms with E-state index in [-0.39, 0.29) is 42.6 Å². The Labute approximate surface area is 160 Å². The molecule has 0 amide bonds. The average molecular weight is 425 g/mol. The molecular weight excluding hydrogens is 421 g/mol. The fraction of sp³-hybridized carbons (Fsp3) is 0.0667. The molecule has 0 aliphatic heterocycles. The highest BCUT2D eigenvalue weighted by molar-refractivity contribution is 6.47. The Morgan fingerprint density at radius 2 is 1.48 bits per heavy atom. The van der Waals surface area contributed by atoms with Gasteiger partial charge in [0.25, 0.3) is 0 Å². The van der Waals surface area contributed by atoms with E-state index in [1.165, 1.54) is 0 Å². The van der Waals surface area contributed by atoms with Crippen molar-refractivity contribution in [3.63, 3.8) is 0 Å². The lowest BCUT2D eigenvalue weighted by Gasteiger charge is -2.16. The van der Waals surface area contributed by atoms with Gasteiger partial charge in [-0.15, -0.1) is 0 Å². The van der Waals surface area contributed by atoms with Crippen LogP contribution in [0.3, 0.4) is 0 Å². The molecule has 10 heteroatoms. The Morgan fingerprint density at radius 3 is 1.96 bits per heavy atom. The summed E-state index contributed by atoms with van der Waals surface area (Å²) in [5.41, 5.74) is -1.34. The third kappa shape index (κ3) is 3.73. The molecule has 0 fully saturated rings. The van der Waals surface area contributed by atoms with Crippen molar-refractivity contribution in [3.05, 3.63) is 55.0 Å². The lowest BCUT2D eigenvalue weighted by atomic mass is 10.1. The molecular formula is C15H4Cl4F3N3. The van der Waals surface area contributed by atoms with Crippen molar-refractivity contribution < 1.29 is 13.2 Å². The minimum atomic E-state index is -4.56. The van der Waals surface area contributed by atoms with Crippen molar-refractivity contribution in [1.82, 2.24) is 0 Å². The molecule has 0 heterocycles. The molecule has 2 aromatic rings.